The van der Waals surface area contributed by atoms with Gasteiger partial charge in [-0.15, -0.1) is 0 Å². The average molecular weight is 390 g/mol. The van der Waals surface area contributed by atoms with Crippen molar-refractivity contribution >= 4 is 11.6 Å². The van der Waals surface area contributed by atoms with E-state index in [4.69, 9.17) is 9.15 Å². The van der Waals surface area contributed by atoms with Crippen molar-refractivity contribution in [3.63, 3.8) is 0 Å². The second-order valence-electron chi connectivity index (χ2n) is 7.37. The fourth-order valence-corrected chi connectivity index (χ4v) is 3.68. The van der Waals surface area contributed by atoms with Crippen molar-refractivity contribution in [2.45, 2.75) is 20.5 Å². The molecule has 5 heteroatoms. The van der Waals surface area contributed by atoms with Crippen LogP contribution in [-0.2, 0) is 6.61 Å². The van der Waals surface area contributed by atoms with Crippen LogP contribution in [0.2, 0.25) is 0 Å². The van der Waals surface area contributed by atoms with Gasteiger partial charge in [0, 0.05) is 31.9 Å². The van der Waals surface area contributed by atoms with E-state index < -0.39 is 0 Å². The highest BCUT2D eigenvalue weighted by Gasteiger charge is 2.24. The Kier molecular flexibility index (Phi) is 5.56. The smallest absolute Gasteiger partial charge is 0.257 e. The number of anilines is 1. The first kappa shape index (κ1) is 19.1. The SMILES string of the molecule is Cc1cc(C(=O)N2CCN(c3ccc(OCc4ccccc4)cc3)CC2)c(C)o1. The van der Waals surface area contributed by atoms with E-state index >= 15 is 0 Å². The highest BCUT2D eigenvalue weighted by Crippen LogP contribution is 2.23. The first-order valence-electron chi connectivity index (χ1n) is 9.98. The van der Waals surface area contributed by atoms with Crippen molar-refractivity contribution in [2.75, 3.05) is 31.1 Å². The predicted molar refractivity (Wildman–Crippen MR) is 114 cm³/mol. The van der Waals surface area contributed by atoms with Gasteiger partial charge in [0.05, 0.1) is 5.56 Å². The number of aryl methyl sites for hydroxylation is 2. The van der Waals surface area contributed by atoms with E-state index in [0.717, 1.165) is 35.9 Å². The molecule has 1 aliphatic heterocycles. The minimum Gasteiger partial charge on any atom is -0.489 e. The molecular weight excluding hydrogens is 364 g/mol. The molecule has 2 aromatic carbocycles. The molecule has 0 spiro atoms. The van der Waals surface area contributed by atoms with Gasteiger partial charge in [-0.1, -0.05) is 30.3 Å². The third-order valence-electron chi connectivity index (χ3n) is 5.29. The zero-order valence-electron chi connectivity index (χ0n) is 16.9. The lowest BCUT2D eigenvalue weighted by Crippen LogP contribution is -2.48. The maximum Gasteiger partial charge on any atom is 0.257 e. The molecule has 0 radical (unpaired) electrons. The molecule has 1 aliphatic rings. The van der Waals surface area contributed by atoms with Gasteiger partial charge in [0.25, 0.3) is 5.91 Å². The third-order valence-corrected chi connectivity index (χ3v) is 5.29. The highest BCUT2D eigenvalue weighted by molar-refractivity contribution is 5.95. The molecule has 0 bridgehead atoms. The van der Waals surface area contributed by atoms with Crippen molar-refractivity contribution in [3.05, 3.63) is 83.3 Å². The monoisotopic (exact) mass is 390 g/mol. The number of rotatable bonds is 5. The van der Waals surface area contributed by atoms with Gasteiger partial charge in [0.2, 0.25) is 0 Å². The quantitative estimate of drug-likeness (QED) is 0.646. The summed E-state index contributed by atoms with van der Waals surface area (Å²) < 4.78 is 11.4. The molecule has 3 aromatic rings. The molecule has 0 atom stereocenters. The Balaban J connectivity index is 1.31. The standard InChI is InChI=1S/C24H26N2O3/c1-18-16-23(19(2)29-18)24(27)26-14-12-25(13-15-26)21-8-10-22(11-9-21)28-17-20-6-4-3-5-7-20/h3-11,16H,12-15,17H2,1-2H3. The number of ether oxygens (including phenoxy) is 1. The van der Waals surface area contributed by atoms with Crippen LogP contribution >= 0.6 is 0 Å². The molecule has 0 N–H and O–H groups in total. The second kappa shape index (κ2) is 8.43. The van der Waals surface area contributed by atoms with Crippen LogP contribution in [0.25, 0.3) is 0 Å². The Morgan fingerprint density at radius 2 is 1.66 bits per heavy atom. The first-order chi connectivity index (χ1) is 14.1. The van der Waals surface area contributed by atoms with Gasteiger partial charge >= 0.3 is 0 Å². The summed E-state index contributed by atoms with van der Waals surface area (Å²) in [6.07, 6.45) is 0. The molecule has 0 aliphatic carbocycles. The summed E-state index contributed by atoms with van der Waals surface area (Å²) in [7, 11) is 0. The van der Waals surface area contributed by atoms with E-state index in [9.17, 15) is 4.79 Å². The molecule has 4 rings (SSSR count). The van der Waals surface area contributed by atoms with Crippen molar-refractivity contribution in [3.8, 4) is 5.75 Å². The maximum absolute atomic E-state index is 12.7. The maximum atomic E-state index is 12.7. The van der Waals surface area contributed by atoms with E-state index in [1.54, 1.807) is 0 Å². The minimum absolute atomic E-state index is 0.0589. The summed E-state index contributed by atoms with van der Waals surface area (Å²) in [5.74, 6) is 2.39. The van der Waals surface area contributed by atoms with Crippen molar-refractivity contribution in [1.82, 2.24) is 4.90 Å². The Morgan fingerprint density at radius 1 is 0.966 bits per heavy atom. The van der Waals surface area contributed by atoms with Crippen molar-refractivity contribution < 1.29 is 13.9 Å². The molecule has 1 amide bonds. The van der Waals surface area contributed by atoms with Gasteiger partial charge in [0.1, 0.15) is 23.9 Å². The Bertz CT molecular complexity index is 956. The van der Waals surface area contributed by atoms with Crippen LogP contribution in [-0.4, -0.2) is 37.0 Å². The topological polar surface area (TPSA) is 45.9 Å². The fourth-order valence-electron chi connectivity index (χ4n) is 3.68. The molecule has 1 saturated heterocycles. The zero-order chi connectivity index (χ0) is 20.2. The number of nitrogens with zero attached hydrogens (tertiary/aromatic N) is 2. The number of carbonyl (C=O) groups excluding carboxylic acids is 1. The molecular formula is C24H26N2O3. The van der Waals surface area contributed by atoms with E-state index in [-0.39, 0.29) is 5.91 Å². The number of amides is 1. The number of benzene rings is 2. The van der Waals surface area contributed by atoms with Gasteiger partial charge in [-0.3, -0.25) is 4.79 Å². The average Bonchev–Trinajstić information content (AvgIpc) is 3.11. The summed E-state index contributed by atoms with van der Waals surface area (Å²) in [5, 5.41) is 0. The molecule has 1 aromatic heterocycles. The molecule has 5 nitrogen and oxygen atoms in total. The lowest BCUT2D eigenvalue weighted by atomic mass is 10.2. The van der Waals surface area contributed by atoms with Crippen LogP contribution in [0.5, 0.6) is 5.75 Å². The molecule has 29 heavy (non-hydrogen) atoms. The summed E-state index contributed by atoms with van der Waals surface area (Å²) in [5.41, 5.74) is 2.98. The van der Waals surface area contributed by atoms with Gasteiger partial charge in [-0.25, -0.2) is 0 Å². The number of piperazine rings is 1. The van der Waals surface area contributed by atoms with Gasteiger partial charge in [0.15, 0.2) is 0 Å². The van der Waals surface area contributed by atoms with E-state index in [2.05, 4.69) is 29.2 Å². The fraction of sp³-hybridized carbons (Fsp3) is 0.292. The van der Waals surface area contributed by atoms with Crippen LogP contribution in [0.4, 0.5) is 5.69 Å². The zero-order valence-corrected chi connectivity index (χ0v) is 16.9. The summed E-state index contributed by atoms with van der Waals surface area (Å²) in [6.45, 7) is 7.31. The molecule has 150 valence electrons. The minimum atomic E-state index is 0.0589. The molecule has 0 unspecified atom stereocenters. The predicted octanol–water partition coefficient (Wildman–Crippen LogP) is 4.44. The van der Waals surface area contributed by atoms with Crippen LogP contribution in [0, 0.1) is 13.8 Å². The lowest BCUT2D eigenvalue weighted by molar-refractivity contribution is 0.0745. The number of furan rings is 1. The summed E-state index contributed by atoms with van der Waals surface area (Å²) in [6, 6.07) is 20.2. The van der Waals surface area contributed by atoms with Crippen molar-refractivity contribution in [1.29, 1.82) is 0 Å². The van der Waals surface area contributed by atoms with Gasteiger partial charge in [-0.05, 0) is 49.7 Å². The first-order valence-corrected chi connectivity index (χ1v) is 9.98. The molecule has 2 heterocycles. The highest BCUT2D eigenvalue weighted by atomic mass is 16.5. The normalized spacial score (nSPS) is 14.1. The van der Waals surface area contributed by atoms with E-state index in [0.29, 0.717) is 31.0 Å². The summed E-state index contributed by atoms with van der Waals surface area (Å²) >= 11 is 0. The van der Waals surface area contributed by atoms with Gasteiger partial charge in [-0.2, -0.15) is 0 Å². The second-order valence-corrected chi connectivity index (χ2v) is 7.37. The van der Waals surface area contributed by atoms with Crippen molar-refractivity contribution in [2.24, 2.45) is 0 Å². The van der Waals surface area contributed by atoms with Crippen LogP contribution in [0.1, 0.15) is 27.4 Å². The number of hydrogen-bond acceptors (Lipinski definition) is 4. The Labute approximate surface area is 171 Å². The lowest BCUT2D eigenvalue weighted by Gasteiger charge is -2.36. The Morgan fingerprint density at radius 3 is 2.28 bits per heavy atom. The summed E-state index contributed by atoms with van der Waals surface area (Å²) in [4.78, 5) is 17.0. The largest absolute Gasteiger partial charge is 0.489 e. The van der Waals surface area contributed by atoms with E-state index in [1.807, 2.05) is 55.1 Å². The van der Waals surface area contributed by atoms with Crippen LogP contribution in [0.15, 0.2) is 65.1 Å². The third kappa shape index (κ3) is 4.45. The molecule has 1 fully saturated rings. The van der Waals surface area contributed by atoms with Gasteiger partial charge < -0.3 is 19.0 Å². The molecule has 0 saturated carbocycles. The number of carbonyl (C=O) groups is 1. The number of hydrogen-bond donors (Lipinski definition) is 0. The Hall–Kier alpha value is -3.21. The van der Waals surface area contributed by atoms with Crippen LogP contribution in [0.3, 0.4) is 0 Å². The van der Waals surface area contributed by atoms with E-state index in [1.165, 1.54) is 0 Å². The van der Waals surface area contributed by atoms with Crippen LogP contribution < -0.4 is 9.64 Å².